The lowest BCUT2D eigenvalue weighted by Gasteiger charge is -2.23. The normalized spacial score (nSPS) is 11.1. The Kier molecular flexibility index (Phi) is 4.91. The molecule has 0 saturated heterocycles. The van der Waals surface area contributed by atoms with E-state index in [1.165, 1.54) is 0 Å². The van der Waals surface area contributed by atoms with Crippen molar-refractivity contribution in [1.82, 2.24) is 4.90 Å². The van der Waals surface area contributed by atoms with Crippen molar-refractivity contribution < 1.29 is 27.9 Å². The number of hydrogen-bond acceptors (Lipinski definition) is 2. The van der Waals surface area contributed by atoms with Gasteiger partial charge in [0.05, 0.1) is 0 Å². The molecule has 0 bridgehead atoms. The second-order valence-electron chi connectivity index (χ2n) is 3.92. The number of halogens is 3. The number of carbonyl (C=O) groups is 2. The molecule has 0 spiro atoms. The standard InChI is InChI=1S/C12H12F3NO3/c13-12(14,15)8-16(10(17)6-11(18)19)7-9-4-2-1-3-5-9/h1-5H,6-8H2,(H,18,19). The Morgan fingerprint density at radius 2 is 1.74 bits per heavy atom. The van der Waals surface area contributed by atoms with Gasteiger partial charge in [0, 0.05) is 6.54 Å². The highest BCUT2D eigenvalue weighted by Gasteiger charge is 2.33. The van der Waals surface area contributed by atoms with Crippen LogP contribution in [0.2, 0.25) is 0 Å². The van der Waals surface area contributed by atoms with Gasteiger partial charge in [-0.2, -0.15) is 13.2 Å². The van der Waals surface area contributed by atoms with E-state index < -0.39 is 31.0 Å². The van der Waals surface area contributed by atoms with Gasteiger partial charge in [0.25, 0.3) is 0 Å². The highest BCUT2D eigenvalue weighted by atomic mass is 19.4. The average Bonchev–Trinajstić information content (AvgIpc) is 2.26. The molecular formula is C12H12F3NO3. The molecule has 1 N–H and O–H groups in total. The molecule has 4 nitrogen and oxygen atoms in total. The van der Waals surface area contributed by atoms with Gasteiger partial charge in [-0.3, -0.25) is 9.59 Å². The summed E-state index contributed by atoms with van der Waals surface area (Å²) in [5, 5.41) is 8.47. The van der Waals surface area contributed by atoms with Crippen LogP contribution in [0.3, 0.4) is 0 Å². The number of alkyl halides is 3. The van der Waals surface area contributed by atoms with Crippen LogP contribution in [0.15, 0.2) is 30.3 Å². The lowest BCUT2D eigenvalue weighted by molar-refractivity contribution is -0.164. The third-order valence-corrected chi connectivity index (χ3v) is 2.24. The maximum absolute atomic E-state index is 12.4. The third-order valence-electron chi connectivity index (χ3n) is 2.24. The van der Waals surface area contributed by atoms with Crippen LogP contribution in [-0.2, 0) is 16.1 Å². The quantitative estimate of drug-likeness (QED) is 0.837. The number of amides is 1. The fourth-order valence-corrected chi connectivity index (χ4v) is 1.49. The van der Waals surface area contributed by atoms with Crippen LogP contribution in [0.25, 0.3) is 0 Å². The van der Waals surface area contributed by atoms with Crippen molar-refractivity contribution in [3.05, 3.63) is 35.9 Å². The largest absolute Gasteiger partial charge is 0.481 e. The van der Waals surface area contributed by atoms with E-state index in [2.05, 4.69) is 0 Å². The molecule has 0 aliphatic heterocycles. The Morgan fingerprint density at radius 3 is 2.21 bits per heavy atom. The van der Waals surface area contributed by atoms with Gasteiger partial charge in [-0.25, -0.2) is 0 Å². The van der Waals surface area contributed by atoms with Crippen LogP contribution in [0.5, 0.6) is 0 Å². The van der Waals surface area contributed by atoms with Crippen LogP contribution in [-0.4, -0.2) is 34.6 Å². The molecule has 0 aliphatic carbocycles. The predicted molar refractivity (Wildman–Crippen MR) is 60.2 cm³/mol. The SMILES string of the molecule is O=C(O)CC(=O)N(Cc1ccccc1)CC(F)(F)F. The Morgan fingerprint density at radius 1 is 1.16 bits per heavy atom. The van der Waals surface area contributed by atoms with E-state index in [-0.39, 0.29) is 6.54 Å². The summed E-state index contributed by atoms with van der Waals surface area (Å²) in [4.78, 5) is 22.4. The minimum Gasteiger partial charge on any atom is -0.481 e. The second kappa shape index (κ2) is 6.21. The summed E-state index contributed by atoms with van der Waals surface area (Å²) in [7, 11) is 0. The summed E-state index contributed by atoms with van der Waals surface area (Å²) in [6.07, 6.45) is -5.52. The van der Waals surface area contributed by atoms with Crippen molar-refractivity contribution in [2.24, 2.45) is 0 Å². The molecule has 1 amide bonds. The van der Waals surface area contributed by atoms with Crippen molar-refractivity contribution in [2.75, 3.05) is 6.54 Å². The number of carboxylic acid groups (broad SMARTS) is 1. The summed E-state index contributed by atoms with van der Waals surface area (Å²) in [5.41, 5.74) is 0.505. The van der Waals surface area contributed by atoms with Gasteiger partial charge in [0.1, 0.15) is 13.0 Å². The summed E-state index contributed by atoms with van der Waals surface area (Å²) in [6.45, 7) is -1.74. The molecule has 0 radical (unpaired) electrons. The number of rotatable bonds is 5. The maximum Gasteiger partial charge on any atom is 0.406 e. The Bertz CT molecular complexity index is 445. The van der Waals surface area contributed by atoms with E-state index in [4.69, 9.17) is 5.11 Å². The zero-order valence-electron chi connectivity index (χ0n) is 9.85. The second-order valence-corrected chi connectivity index (χ2v) is 3.92. The van der Waals surface area contributed by atoms with Crippen molar-refractivity contribution >= 4 is 11.9 Å². The molecule has 19 heavy (non-hydrogen) atoms. The van der Waals surface area contributed by atoms with Crippen molar-refractivity contribution in [1.29, 1.82) is 0 Å². The van der Waals surface area contributed by atoms with E-state index in [1.807, 2.05) is 0 Å². The summed E-state index contributed by atoms with van der Waals surface area (Å²) in [6, 6.07) is 8.08. The van der Waals surface area contributed by atoms with Gasteiger partial charge >= 0.3 is 12.1 Å². The number of carboxylic acids is 1. The first-order valence-corrected chi connectivity index (χ1v) is 5.38. The predicted octanol–water partition coefficient (Wildman–Crippen LogP) is 2.05. The zero-order valence-corrected chi connectivity index (χ0v) is 9.85. The number of benzene rings is 1. The van der Waals surface area contributed by atoms with Gasteiger partial charge in [-0.15, -0.1) is 0 Å². The zero-order chi connectivity index (χ0) is 14.5. The fourth-order valence-electron chi connectivity index (χ4n) is 1.49. The van der Waals surface area contributed by atoms with E-state index >= 15 is 0 Å². The maximum atomic E-state index is 12.4. The third kappa shape index (κ3) is 5.89. The van der Waals surface area contributed by atoms with Gasteiger partial charge in [0.2, 0.25) is 5.91 Å². The Balaban J connectivity index is 2.80. The molecule has 1 aromatic rings. The van der Waals surface area contributed by atoms with E-state index in [1.54, 1.807) is 30.3 Å². The molecule has 104 valence electrons. The number of hydrogen-bond donors (Lipinski definition) is 1. The molecular weight excluding hydrogens is 263 g/mol. The first-order chi connectivity index (χ1) is 8.78. The molecule has 0 aliphatic rings. The van der Waals surface area contributed by atoms with Crippen LogP contribution in [0.1, 0.15) is 12.0 Å². The Labute approximate surface area is 107 Å². The van der Waals surface area contributed by atoms with E-state index in [9.17, 15) is 22.8 Å². The lowest BCUT2D eigenvalue weighted by Crippen LogP contribution is -2.39. The summed E-state index contributed by atoms with van der Waals surface area (Å²) >= 11 is 0. The molecule has 1 rings (SSSR count). The monoisotopic (exact) mass is 275 g/mol. The topological polar surface area (TPSA) is 57.6 Å². The van der Waals surface area contributed by atoms with E-state index in [0.29, 0.717) is 10.5 Å². The van der Waals surface area contributed by atoms with Gasteiger partial charge < -0.3 is 10.0 Å². The van der Waals surface area contributed by atoms with E-state index in [0.717, 1.165) is 0 Å². The Hall–Kier alpha value is -2.05. The van der Waals surface area contributed by atoms with Gasteiger partial charge in [-0.1, -0.05) is 30.3 Å². The minimum atomic E-state index is -4.57. The number of nitrogens with zero attached hydrogens (tertiary/aromatic N) is 1. The van der Waals surface area contributed by atoms with Crippen LogP contribution < -0.4 is 0 Å². The fraction of sp³-hybridized carbons (Fsp3) is 0.333. The summed E-state index contributed by atoms with van der Waals surface area (Å²) in [5.74, 6) is -2.51. The van der Waals surface area contributed by atoms with Crippen molar-refractivity contribution in [2.45, 2.75) is 19.1 Å². The molecule has 0 unspecified atom stereocenters. The van der Waals surface area contributed by atoms with Crippen molar-refractivity contribution in [3.8, 4) is 0 Å². The van der Waals surface area contributed by atoms with Crippen LogP contribution >= 0.6 is 0 Å². The molecule has 1 aromatic carbocycles. The van der Waals surface area contributed by atoms with Crippen LogP contribution in [0.4, 0.5) is 13.2 Å². The highest BCUT2D eigenvalue weighted by molar-refractivity contribution is 5.93. The highest BCUT2D eigenvalue weighted by Crippen LogP contribution is 2.18. The first-order valence-electron chi connectivity index (χ1n) is 5.38. The van der Waals surface area contributed by atoms with Crippen molar-refractivity contribution in [3.63, 3.8) is 0 Å². The molecule has 0 saturated carbocycles. The number of carbonyl (C=O) groups excluding carboxylic acids is 1. The van der Waals surface area contributed by atoms with Gasteiger partial charge in [-0.05, 0) is 5.56 Å². The molecule has 0 heterocycles. The smallest absolute Gasteiger partial charge is 0.406 e. The van der Waals surface area contributed by atoms with Crippen LogP contribution in [0, 0.1) is 0 Å². The molecule has 0 aromatic heterocycles. The average molecular weight is 275 g/mol. The molecule has 0 fully saturated rings. The lowest BCUT2D eigenvalue weighted by atomic mass is 10.2. The molecule has 0 atom stereocenters. The van der Waals surface area contributed by atoms with Gasteiger partial charge in [0.15, 0.2) is 0 Å². The summed E-state index contributed by atoms with van der Waals surface area (Å²) < 4.78 is 37.1. The first kappa shape index (κ1) is 15.0. The molecule has 7 heteroatoms. The number of aliphatic carboxylic acids is 1. The minimum absolute atomic E-state index is 0.271.